The van der Waals surface area contributed by atoms with Gasteiger partial charge in [-0.25, -0.2) is 0 Å². The summed E-state index contributed by atoms with van der Waals surface area (Å²) < 4.78 is 0. The van der Waals surface area contributed by atoms with Crippen LogP contribution in [0.2, 0.25) is 0 Å². The molecule has 2 aromatic rings. The number of hydrogen-bond donors (Lipinski definition) is 1. The van der Waals surface area contributed by atoms with Gasteiger partial charge in [0.05, 0.1) is 0 Å². The highest BCUT2D eigenvalue weighted by atomic mass is 16.1. The molecule has 2 nitrogen and oxygen atoms in total. The van der Waals surface area contributed by atoms with Crippen molar-refractivity contribution in [3.05, 3.63) is 71.9 Å². The normalized spacial score (nSPS) is 10.6. The zero-order chi connectivity index (χ0) is 13.5. The van der Waals surface area contributed by atoms with Gasteiger partial charge in [0.15, 0.2) is 5.78 Å². The molecule has 19 heavy (non-hydrogen) atoms. The second kappa shape index (κ2) is 6.55. The first-order chi connectivity index (χ1) is 9.31. The minimum atomic E-state index is 0.149. The van der Waals surface area contributed by atoms with E-state index >= 15 is 0 Å². The van der Waals surface area contributed by atoms with Gasteiger partial charge in [0, 0.05) is 23.9 Å². The number of carbonyl (C=O) groups is 1. The lowest BCUT2D eigenvalue weighted by Gasteiger charge is -2.07. The maximum Gasteiger partial charge on any atom is 0.164 e. The molecule has 1 N–H and O–H groups in total. The zero-order valence-corrected chi connectivity index (χ0v) is 11.0. The summed E-state index contributed by atoms with van der Waals surface area (Å²) >= 11 is 0. The van der Waals surface area contributed by atoms with Crippen molar-refractivity contribution in [1.82, 2.24) is 0 Å². The second-order valence-corrected chi connectivity index (χ2v) is 4.21. The summed E-state index contributed by atoms with van der Waals surface area (Å²) in [5, 5.41) is 3.18. The Kier molecular flexibility index (Phi) is 4.51. The molecule has 0 heterocycles. The molecule has 0 radical (unpaired) electrons. The fraction of sp³-hybridized carbons (Fsp3) is 0.118. The molecule has 96 valence electrons. The number of benzene rings is 2. The highest BCUT2D eigenvalue weighted by molar-refractivity contribution is 6.01. The Morgan fingerprint density at radius 1 is 1.05 bits per heavy atom. The predicted octanol–water partition coefficient (Wildman–Crippen LogP) is 4.36. The minimum Gasteiger partial charge on any atom is -0.361 e. The first kappa shape index (κ1) is 13.1. The molecule has 0 aliphatic rings. The van der Waals surface area contributed by atoms with Crippen LogP contribution in [0.5, 0.6) is 0 Å². The smallest absolute Gasteiger partial charge is 0.164 e. The van der Waals surface area contributed by atoms with E-state index < -0.39 is 0 Å². The van der Waals surface area contributed by atoms with E-state index in [-0.39, 0.29) is 5.78 Å². The minimum absolute atomic E-state index is 0.149. The Hall–Kier alpha value is -2.35. The van der Waals surface area contributed by atoms with Crippen molar-refractivity contribution in [2.75, 3.05) is 5.32 Å². The Labute approximate surface area is 113 Å². The fourth-order valence-corrected chi connectivity index (χ4v) is 1.83. The first-order valence-corrected chi connectivity index (χ1v) is 6.41. The molecule has 0 fully saturated rings. The molecule has 2 rings (SSSR count). The molecule has 0 spiro atoms. The number of ketones is 1. The lowest BCUT2D eigenvalue weighted by molar-refractivity contribution is 0.0989. The van der Waals surface area contributed by atoms with Gasteiger partial charge in [-0.05, 0) is 23.8 Å². The number of hydrogen-bond acceptors (Lipinski definition) is 2. The highest BCUT2D eigenvalue weighted by Gasteiger charge is 2.06. The lowest BCUT2D eigenvalue weighted by Crippen LogP contribution is -2.01. The molecule has 0 aliphatic heterocycles. The maximum absolute atomic E-state index is 11.8. The van der Waals surface area contributed by atoms with E-state index in [1.807, 2.05) is 73.8 Å². The van der Waals surface area contributed by atoms with Gasteiger partial charge < -0.3 is 5.32 Å². The average molecular weight is 251 g/mol. The second-order valence-electron chi connectivity index (χ2n) is 4.21. The number of carbonyl (C=O) groups excluding carboxylic acids is 1. The molecule has 2 aromatic carbocycles. The summed E-state index contributed by atoms with van der Waals surface area (Å²) in [5.74, 6) is 0.149. The van der Waals surface area contributed by atoms with Crippen molar-refractivity contribution in [3.8, 4) is 0 Å². The van der Waals surface area contributed by atoms with Gasteiger partial charge in [0.2, 0.25) is 0 Å². The molecule has 0 saturated carbocycles. The van der Waals surface area contributed by atoms with Crippen LogP contribution in [0.25, 0.3) is 6.08 Å². The van der Waals surface area contributed by atoms with Gasteiger partial charge in [-0.2, -0.15) is 0 Å². The molecule has 0 amide bonds. The average Bonchev–Trinajstić information content (AvgIpc) is 2.48. The molecular weight excluding hydrogens is 234 g/mol. The van der Waals surface area contributed by atoms with Crippen LogP contribution in [0.1, 0.15) is 29.3 Å². The van der Waals surface area contributed by atoms with Crippen molar-refractivity contribution >= 4 is 17.5 Å². The largest absolute Gasteiger partial charge is 0.361 e. The maximum atomic E-state index is 11.8. The summed E-state index contributed by atoms with van der Waals surface area (Å²) in [5.41, 5.74) is 2.71. The Balaban J connectivity index is 2.12. The van der Waals surface area contributed by atoms with Gasteiger partial charge in [-0.15, -0.1) is 0 Å². The van der Waals surface area contributed by atoms with Crippen LogP contribution < -0.4 is 5.32 Å². The fourth-order valence-electron chi connectivity index (χ4n) is 1.83. The van der Waals surface area contributed by atoms with Crippen LogP contribution in [-0.4, -0.2) is 5.78 Å². The molecule has 0 aliphatic carbocycles. The predicted molar refractivity (Wildman–Crippen MR) is 80.2 cm³/mol. The van der Waals surface area contributed by atoms with Crippen molar-refractivity contribution in [2.24, 2.45) is 0 Å². The third-order valence-electron chi connectivity index (χ3n) is 2.86. The molecule has 0 saturated heterocycles. The quantitative estimate of drug-likeness (QED) is 0.800. The van der Waals surface area contributed by atoms with Gasteiger partial charge in [0.1, 0.15) is 0 Å². The van der Waals surface area contributed by atoms with Crippen molar-refractivity contribution in [3.63, 3.8) is 0 Å². The van der Waals surface area contributed by atoms with Gasteiger partial charge in [-0.3, -0.25) is 4.79 Å². The summed E-state index contributed by atoms with van der Waals surface area (Å²) in [6.07, 6.45) is 4.35. The van der Waals surface area contributed by atoms with Crippen LogP contribution in [0.3, 0.4) is 0 Å². The van der Waals surface area contributed by atoms with E-state index in [2.05, 4.69) is 5.32 Å². The zero-order valence-electron chi connectivity index (χ0n) is 11.0. The van der Waals surface area contributed by atoms with Crippen LogP contribution in [0.15, 0.2) is 60.8 Å². The van der Waals surface area contributed by atoms with E-state index in [0.29, 0.717) is 6.42 Å². The topological polar surface area (TPSA) is 29.1 Å². The van der Waals surface area contributed by atoms with Gasteiger partial charge in [0.25, 0.3) is 0 Å². The molecule has 0 atom stereocenters. The van der Waals surface area contributed by atoms with E-state index in [0.717, 1.165) is 16.8 Å². The molecule has 0 aromatic heterocycles. The third-order valence-corrected chi connectivity index (χ3v) is 2.86. The molecule has 2 heteroatoms. The highest BCUT2D eigenvalue weighted by Crippen LogP contribution is 2.17. The summed E-state index contributed by atoms with van der Waals surface area (Å²) in [7, 11) is 0. The van der Waals surface area contributed by atoms with Crippen LogP contribution >= 0.6 is 0 Å². The molecule has 0 bridgehead atoms. The van der Waals surface area contributed by atoms with E-state index in [1.54, 1.807) is 0 Å². The summed E-state index contributed by atoms with van der Waals surface area (Å²) in [6, 6.07) is 17.6. The van der Waals surface area contributed by atoms with Gasteiger partial charge in [-0.1, -0.05) is 49.4 Å². The molecular formula is C17H17NO. The van der Waals surface area contributed by atoms with E-state index in [9.17, 15) is 4.79 Å². The van der Waals surface area contributed by atoms with E-state index in [4.69, 9.17) is 0 Å². The lowest BCUT2D eigenvalue weighted by atomic mass is 10.1. The number of rotatable bonds is 5. The number of Topliss-reactive ketones (excluding diaryl/α,β-unsaturated/α-hetero) is 1. The van der Waals surface area contributed by atoms with Crippen molar-refractivity contribution < 1.29 is 4.79 Å². The van der Waals surface area contributed by atoms with Crippen LogP contribution in [0.4, 0.5) is 5.69 Å². The number of para-hydroxylation sites is 1. The number of anilines is 1. The Morgan fingerprint density at radius 3 is 2.47 bits per heavy atom. The van der Waals surface area contributed by atoms with Crippen molar-refractivity contribution in [1.29, 1.82) is 0 Å². The number of nitrogens with one attached hydrogen (secondary N) is 1. The SMILES string of the molecule is CCC(=O)c1ccccc1N/C=C/c1ccccc1. The Bertz CT molecular complexity index is 573. The first-order valence-electron chi connectivity index (χ1n) is 6.41. The van der Waals surface area contributed by atoms with Crippen LogP contribution in [-0.2, 0) is 0 Å². The monoisotopic (exact) mass is 251 g/mol. The summed E-state index contributed by atoms with van der Waals surface area (Å²) in [4.78, 5) is 11.8. The van der Waals surface area contributed by atoms with Crippen molar-refractivity contribution in [2.45, 2.75) is 13.3 Å². The van der Waals surface area contributed by atoms with Gasteiger partial charge >= 0.3 is 0 Å². The van der Waals surface area contributed by atoms with E-state index in [1.165, 1.54) is 0 Å². The Morgan fingerprint density at radius 2 is 1.74 bits per heavy atom. The third kappa shape index (κ3) is 3.55. The molecule has 0 unspecified atom stereocenters. The van der Waals surface area contributed by atoms with Crippen LogP contribution in [0, 0.1) is 0 Å². The summed E-state index contributed by atoms with van der Waals surface area (Å²) in [6.45, 7) is 1.87. The standard InChI is InChI=1S/C17H17NO/c1-2-17(19)15-10-6-7-11-16(15)18-13-12-14-8-4-3-5-9-14/h3-13,18H,2H2,1H3/b13-12+.